The standard InChI is InChI=1S/C11H17N3OS/c1-7-3-12-5-9(7)11(15)14-6-10-13-4-8(2)16-10/h4,7,9,12H,3,5-6H2,1-2H3,(H,14,15)/t7-,9-/m1/s1. The molecule has 1 aromatic rings. The molecule has 0 bridgehead atoms. The van der Waals surface area contributed by atoms with E-state index in [2.05, 4.69) is 22.5 Å². The maximum Gasteiger partial charge on any atom is 0.225 e. The van der Waals surface area contributed by atoms with Crippen molar-refractivity contribution in [1.82, 2.24) is 15.6 Å². The lowest BCUT2D eigenvalue weighted by Crippen LogP contribution is -2.33. The number of aromatic nitrogens is 1. The Hall–Kier alpha value is -0.940. The molecule has 1 saturated heterocycles. The minimum absolute atomic E-state index is 0.112. The fourth-order valence-electron chi connectivity index (χ4n) is 1.94. The van der Waals surface area contributed by atoms with Gasteiger partial charge >= 0.3 is 0 Å². The largest absolute Gasteiger partial charge is 0.349 e. The lowest BCUT2D eigenvalue weighted by atomic mass is 9.97. The lowest BCUT2D eigenvalue weighted by molar-refractivity contribution is -0.125. The second-order valence-electron chi connectivity index (χ2n) is 4.32. The van der Waals surface area contributed by atoms with Crippen LogP contribution >= 0.6 is 11.3 Å². The van der Waals surface area contributed by atoms with Crippen LogP contribution in [0.3, 0.4) is 0 Å². The van der Waals surface area contributed by atoms with Gasteiger partial charge in [-0.1, -0.05) is 6.92 Å². The maximum absolute atomic E-state index is 11.9. The summed E-state index contributed by atoms with van der Waals surface area (Å²) in [5.41, 5.74) is 0. The average molecular weight is 239 g/mol. The molecule has 0 aliphatic carbocycles. The van der Waals surface area contributed by atoms with Crippen molar-refractivity contribution in [3.8, 4) is 0 Å². The normalized spacial score (nSPS) is 24.6. The Morgan fingerprint density at radius 2 is 2.50 bits per heavy atom. The number of carbonyl (C=O) groups is 1. The summed E-state index contributed by atoms with van der Waals surface area (Å²) in [5, 5.41) is 7.16. The van der Waals surface area contributed by atoms with Gasteiger partial charge in [-0.15, -0.1) is 11.3 Å². The summed E-state index contributed by atoms with van der Waals surface area (Å²) in [6.07, 6.45) is 1.84. The first-order valence-corrected chi connectivity index (χ1v) is 6.38. The van der Waals surface area contributed by atoms with E-state index in [1.165, 1.54) is 4.88 Å². The lowest BCUT2D eigenvalue weighted by Gasteiger charge is -2.13. The molecule has 0 saturated carbocycles. The number of rotatable bonds is 3. The zero-order valence-corrected chi connectivity index (χ0v) is 10.4. The molecule has 1 aliphatic rings. The van der Waals surface area contributed by atoms with E-state index in [4.69, 9.17) is 0 Å². The predicted molar refractivity (Wildman–Crippen MR) is 64.2 cm³/mol. The van der Waals surface area contributed by atoms with Gasteiger partial charge in [0.1, 0.15) is 5.01 Å². The van der Waals surface area contributed by atoms with Crippen molar-refractivity contribution >= 4 is 17.2 Å². The van der Waals surface area contributed by atoms with E-state index in [1.807, 2.05) is 13.1 Å². The number of carbonyl (C=O) groups excluding carboxylic acids is 1. The summed E-state index contributed by atoms with van der Waals surface area (Å²) < 4.78 is 0. The monoisotopic (exact) mass is 239 g/mol. The quantitative estimate of drug-likeness (QED) is 0.825. The smallest absolute Gasteiger partial charge is 0.225 e. The van der Waals surface area contributed by atoms with E-state index in [1.54, 1.807) is 11.3 Å². The molecule has 0 spiro atoms. The van der Waals surface area contributed by atoms with Gasteiger partial charge < -0.3 is 10.6 Å². The molecule has 1 fully saturated rings. The van der Waals surface area contributed by atoms with Gasteiger partial charge in [0.05, 0.1) is 12.5 Å². The number of thiazole rings is 1. The molecule has 5 heteroatoms. The highest BCUT2D eigenvalue weighted by Gasteiger charge is 2.29. The van der Waals surface area contributed by atoms with Crippen LogP contribution in [0.1, 0.15) is 16.8 Å². The molecule has 2 N–H and O–H groups in total. The Bertz CT molecular complexity index is 377. The van der Waals surface area contributed by atoms with Crippen LogP contribution < -0.4 is 10.6 Å². The van der Waals surface area contributed by atoms with Crippen molar-refractivity contribution in [3.63, 3.8) is 0 Å². The van der Waals surface area contributed by atoms with Gasteiger partial charge in [0.2, 0.25) is 5.91 Å². The van der Waals surface area contributed by atoms with E-state index in [9.17, 15) is 4.79 Å². The van der Waals surface area contributed by atoms with Crippen molar-refractivity contribution in [1.29, 1.82) is 0 Å². The molecule has 2 heterocycles. The molecule has 2 rings (SSSR count). The van der Waals surface area contributed by atoms with Gasteiger partial charge in [0, 0.05) is 17.6 Å². The summed E-state index contributed by atoms with van der Waals surface area (Å²) in [4.78, 5) is 17.3. The molecule has 4 nitrogen and oxygen atoms in total. The minimum Gasteiger partial charge on any atom is -0.349 e. The summed E-state index contributed by atoms with van der Waals surface area (Å²) in [6.45, 7) is 6.42. The van der Waals surface area contributed by atoms with Gasteiger partial charge in [0.15, 0.2) is 0 Å². The molecular weight excluding hydrogens is 222 g/mol. The number of aryl methyl sites for hydroxylation is 1. The summed E-state index contributed by atoms with van der Waals surface area (Å²) >= 11 is 1.63. The van der Waals surface area contributed by atoms with E-state index in [-0.39, 0.29) is 11.8 Å². The van der Waals surface area contributed by atoms with E-state index < -0.39 is 0 Å². The summed E-state index contributed by atoms with van der Waals surface area (Å²) in [5.74, 6) is 0.685. The van der Waals surface area contributed by atoms with Crippen LogP contribution in [0.2, 0.25) is 0 Å². The SMILES string of the molecule is Cc1cnc(CNC(=O)[C@@H]2CNC[C@H]2C)s1. The number of nitrogens with one attached hydrogen (secondary N) is 2. The topological polar surface area (TPSA) is 54.0 Å². The fourth-order valence-corrected chi connectivity index (χ4v) is 2.66. The van der Waals surface area contributed by atoms with Gasteiger partial charge in [-0.3, -0.25) is 4.79 Å². The maximum atomic E-state index is 11.9. The zero-order chi connectivity index (χ0) is 11.5. The highest BCUT2D eigenvalue weighted by molar-refractivity contribution is 7.11. The summed E-state index contributed by atoms with van der Waals surface area (Å²) in [6, 6.07) is 0. The third kappa shape index (κ3) is 2.59. The third-order valence-electron chi connectivity index (χ3n) is 2.94. The van der Waals surface area contributed by atoms with Crippen LogP contribution in [0, 0.1) is 18.8 Å². The molecular formula is C11H17N3OS. The number of hydrogen-bond acceptors (Lipinski definition) is 4. The van der Waals surface area contributed by atoms with E-state index in [0.717, 1.165) is 18.1 Å². The van der Waals surface area contributed by atoms with Crippen LogP contribution in [0.15, 0.2) is 6.20 Å². The first-order valence-electron chi connectivity index (χ1n) is 5.56. The van der Waals surface area contributed by atoms with E-state index >= 15 is 0 Å². The Balaban J connectivity index is 1.83. The third-order valence-corrected chi connectivity index (χ3v) is 3.85. The highest BCUT2D eigenvalue weighted by atomic mass is 32.1. The number of nitrogens with zero attached hydrogens (tertiary/aromatic N) is 1. The first-order chi connectivity index (χ1) is 7.66. The van der Waals surface area contributed by atoms with Gasteiger partial charge in [-0.05, 0) is 19.4 Å². The van der Waals surface area contributed by atoms with Crippen molar-refractivity contribution in [2.24, 2.45) is 11.8 Å². The highest BCUT2D eigenvalue weighted by Crippen LogP contribution is 2.16. The van der Waals surface area contributed by atoms with Crippen molar-refractivity contribution < 1.29 is 4.79 Å². The fraction of sp³-hybridized carbons (Fsp3) is 0.636. The molecule has 0 radical (unpaired) electrons. The Kier molecular flexibility index (Phi) is 3.56. The summed E-state index contributed by atoms with van der Waals surface area (Å²) in [7, 11) is 0. The second-order valence-corrected chi connectivity index (χ2v) is 5.64. The molecule has 0 unspecified atom stereocenters. The van der Waals surface area contributed by atoms with Gasteiger partial charge in [0.25, 0.3) is 0 Å². The number of hydrogen-bond donors (Lipinski definition) is 2. The number of amides is 1. The Labute approximate surface area is 99.5 Å². The van der Waals surface area contributed by atoms with Crippen molar-refractivity contribution in [3.05, 3.63) is 16.1 Å². The van der Waals surface area contributed by atoms with Crippen LogP contribution in [0.4, 0.5) is 0 Å². The molecule has 88 valence electrons. The van der Waals surface area contributed by atoms with Crippen molar-refractivity contribution in [2.45, 2.75) is 20.4 Å². The van der Waals surface area contributed by atoms with Crippen molar-refractivity contribution in [2.75, 3.05) is 13.1 Å². The Morgan fingerprint density at radius 1 is 1.69 bits per heavy atom. The van der Waals surface area contributed by atoms with Gasteiger partial charge in [-0.25, -0.2) is 4.98 Å². The van der Waals surface area contributed by atoms with Crippen LogP contribution in [0.5, 0.6) is 0 Å². The predicted octanol–water partition coefficient (Wildman–Crippen LogP) is 0.923. The Morgan fingerprint density at radius 3 is 3.06 bits per heavy atom. The van der Waals surface area contributed by atoms with Crippen LogP contribution in [-0.4, -0.2) is 24.0 Å². The van der Waals surface area contributed by atoms with Crippen LogP contribution in [-0.2, 0) is 11.3 Å². The van der Waals surface area contributed by atoms with E-state index in [0.29, 0.717) is 12.5 Å². The zero-order valence-electron chi connectivity index (χ0n) is 9.62. The first kappa shape index (κ1) is 11.5. The molecule has 2 atom stereocenters. The van der Waals surface area contributed by atoms with Gasteiger partial charge in [-0.2, -0.15) is 0 Å². The average Bonchev–Trinajstić information content (AvgIpc) is 2.84. The van der Waals surface area contributed by atoms with Crippen LogP contribution in [0.25, 0.3) is 0 Å². The molecule has 1 aliphatic heterocycles. The minimum atomic E-state index is 0.112. The molecule has 0 aromatic carbocycles. The molecule has 1 aromatic heterocycles. The molecule has 16 heavy (non-hydrogen) atoms. The molecule has 1 amide bonds. The second kappa shape index (κ2) is 4.93.